The van der Waals surface area contributed by atoms with Crippen LogP contribution in [0.25, 0.3) is 0 Å². The molecule has 0 saturated carbocycles. The number of rotatable bonds is 4. The van der Waals surface area contributed by atoms with Gasteiger partial charge in [0.1, 0.15) is 5.75 Å². The van der Waals surface area contributed by atoms with Crippen LogP contribution >= 0.6 is 0 Å². The minimum absolute atomic E-state index is 0.140. The lowest BCUT2D eigenvalue weighted by atomic mass is 10.1. The average molecular weight is 264 g/mol. The summed E-state index contributed by atoms with van der Waals surface area (Å²) in [5.41, 5.74) is 1.27. The zero-order chi connectivity index (χ0) is 14.0. The number of aliphatic hydroxyl groups is 1. The number of aromatic hydroxyl groups is 1. The van der Waals surface area contributed by atoms with Crippen molar-refractivity contribution in [1.82, 2.24) is 5.32 Å². The van der Waals surface area contributed by atoms with Gasteiger partial charge in [-0.1, -0.05) is 13.0 Å². The molecule has 4 nitrogen and oxygen atoms in total. The Morgan fingerprint density at radius 1 is 1.47 bits per heavy atom. The third-order valence-electron chi connectivity index (χ3n) is 3.81. The Balaban J connectivity index is 2.15. The number of benzene rings is 1. The van der Waals surface area contributed by atoms with Crippen LogP contribution in [-0.4, -0.2) is 35.4 Å². The number of anilines is 1. The second-order valence-electron chi connectivity index (χ2n) is 5.69. The molecular formula is C15H24N2O2. The molecule has 1 aliphatic heterocycles. The molecule has 1 aromatic rings. The fraction of sp³-hybridized carbons (Fsp3) is 0.600. The van der Waals surface area contributed by atoms with Gasteiger partial charge in [0.25, 0.3) is 0 Å². The smallest absolute Gasteiger partial charge is 0.122 e. The quantitative estimate of drug-likeness (QED) is 0.779. The number of hydrogen-bond acceptors (Lipinski definition) is 4. The van der Waals surface area contributed by atoms with Crippen LogP contribution in [0.15, 0.2) is 18.2 Å². The molecule has 2 unspecified atom stereocenters. The van der Waals surface area contributed by atoms with Crippen LogP contribution in [0.1, 0.15) is 38.8 Å². The maximum absolute atomic E-state index is 10.1. The van der Waals surface area contributed by atoms with Gasteiger partial charge < -0.3 is 20.4 Å². The molecule has 0 bridgehead atoms. The van der Waals surface area contributed by atoms with Gasteiger partial charge in [-0.15, -0.1) is 0 Å². The zero-order valence-electron chi connectivity index (χ0n) is 12.0. The Morgan fingerprint density at radius 2 is 2.21 bits per heavy atom. The van der Waals surface area contributed by atoms with Crippen LogP contribution in [0.5, 0.6) is 5.75 Å². The van der Waals surface area contributed by atoms with Crippen LogP contribution in [-0.2, 0) is 0 Å². The lowest BCUT2D eigenvalue weighted by molar-refractivity contribution is 0.0839. The number of hydrogen-bond donors (Lipinski definition) is 3. The van der Waals surface area contributed by atoms with Crippen LogP contribution < -0.4 is 10.2 Å². The molecule has 2 rings (SSSR count). The third-order valence-corrected chi connectivity index (χ3v) is 3.81. The highest BCUT2D eigenvalue weighted by Crippen LogP contribution is 2.32. The van der Waals surface area contributed by atoms with Gasteiger partial charge in [-0.3, -0.25) is 0 Å². The van der Waals surface area contributed by atoms with Crippen molar-refractivity contribution in [3.05, 3.63) is 23.8 Å². The number of phenolic OH excluding ortho intramolecular Hbond substituents is 1. The molecule has 2 atom stereocenters. The summed E-state index contributed by atoms with van der Waals surface area (Å²) in [5.74, 6) is 0.317. The molecule has 0 spiro atoms. The van der Waals surface area contributed by atoms with Crippen molar-refractivity contribution < 1.29 is 10.2 Å². The van der Waals surface area contributed by atoms with Crippen LogP contribution in [0, 0.1) is 0 Å². The lowest BCUT2D eigenvalue weighted by Crippen LogP contribution is -2.29. The fourth-order valence-electron chi connectivity index (χ4n) is 2.68. The van der Waals surface area contributed by atoms with E-state index in [1.54, 1.807) is 6.07 Å². The van der Waals surface area contributed by atoms with E-state index in [-0.39, 0.29) is 6.04 Å². The van der Waals surface area contributed by atoms with Crippen molar-refractivity contribution in [1.29, 1.82) is 0 Å². The molecule has 3 N–H and O–H groups in total. The molecule has 0 aromatic heterocycles. The molecule has 1 heterocycles. The normalized spacial score (nSPS) is 24.7. The summed E-state index contributed by atoms with van der Waals surface area (Å²) in [4.78, 5) is 2.11. The van der Waals surface area contributed by atoms with E-state index in [4.69, 9.17) is 0 Å². The van der Waals surface area contributed by atoms with Crippen LogP contribution in [0.4, 0.5) is 5.69 Å². The van der Waals surface area contributed by atoms with Crippen molar-refractivity contribution >= 4 is 5.69 Å². The SMILES string of the molecule is CCNC(C)c1ccc(N2CCC(C)(O)C2)cc1O. The highest BCUT2D eigenvalue weighted by atomic mass is 16.3. The van der Waals surface area contributed by atoms with E-state index in [9.17, 15) is 10.2 Å². The number of phenols is 1. The molecule has 0 aliphatic carbocycles. The van der Waals surface area contributed by atoms with Gasteiger partial charge in [0.2, 0.25) is 0 Å². The monoisotopic (exact) mass is 264 g/mol. The summed E-state index contributed by atoms with van der Waals surface area (Å²) in [6, 6.07) is 5.92. The lowest BCUT2D eigenvalue weighted by Gasteiger charge is -2.22. The molecule has 106 valence electrons. The van der Waals surface area contributed by atoms with Gasteiger partial charge in [0.05, 0.1) is 5.60 Å². The van der Waals surface area contributed by atoms with Gasteiger partial charge in [-0.2, -0.15) is 0 Å². The Kier molecular flexibility index (Phi) is 4.02. The highest BCUT2D eigenvalue weighted by molar-refractivity contribution is 5.55. The Morgan fingerprint density at radius 3 is 2.74 bits per heavy atom. The minimum Gasteiger partial charge on any atom is -0.508 e. The predicted octanol–water partition coefficient (Wildman–Crippen LogP) is 2.02. The molecule has 1 aromatic carbocycles. The maximum Gasteiger partial charge on any atom is 0.122 e. The van der Waals surface area contributed by atoms with E-state index in [0.717, 1.165) is 30.8 Å². The van der Waals surface area contributed by atoms with Crippen molar-refractivity contribution in [2.24, 2.45) is 0 Å². The summed E-state index contributed by atoms with van der Waals surface area (Å²) >= 11 is 0. The second-order valence-corrected chi connectivity index (χ2v) is 5.69. The van der Waals surface area contributed by atoms with E-state index < -0.39 is 5.60 Å². The number of β-amino-alcohol motifs (C(OH)–C–C–N with tert-alkyl or cyclic N) is 1. The summed E-state index contributed by atoms with van der Waals surface area (Å²) in [6.45, 7) is 8.27. The fourth-order valence-corrected chi connectivity index (χ4v) is 2.68. The summed E-state index contributed by atoms with van der Waals surface area (Å²) in [6.07, 6.45) is 0.767. The van der Waals surface area contributed by atoms with Gasteiger partial charge in [-0.25, -0.2) is 0 Å². The topological polar surface area (TPSA) is 55.7 Å². The molecule has 1 fully saturated rings. The molecular weight excluding hydrogens is 240 g/mol. The highest BCUT2D eigenvalue weighted by Gasteiger charge is 2.31. The summed E-state index contributed by atoms with van der Waals surface area (Å²) < 4.78 is 0. The average Bonchev–Trinajstić information content (AvgIpc) is 2.70. The number of nitrogens with one attached hydrogen (secondary N) is 1. The van der Waals surface area contributed by atoms with Crippen LogP contribution in [0.3, 0.4) is 0 Å². The third kappa shape index (κ3) is 3.19. The van der Waals surface area contributed by atoms with Gasteiger partial charge in [-0.05, 0) is 32.9 Å². The van der Waals surface area contributed by atoms with E-state index in [1.807, 2.05) is 32.9 Å². The Labute approximate surface area is 115 Å². The van der Waals surface area contributed by atoms with E-state index in [0.29, 0.717) is 12.3 Å². The van der Waals surface area contributed by atoms with Crippen molar-refractivity contribution in [3.8, 4) is 5.75 Å². The first kappa shape index (κ1) is 14.2. The summed E-state index contributed by atoms with van der Waals surface area (Å²) in [7, 11) is 0. The molecule has 0 amide bonds. The van der Waals surface area contributed by atoms with Crippen LogP contribution in [0.2, 0.25) is 0 Å². The van der Waals surface area contributed by atoms with Crippen molar-refractivity contribution in [3.63, 3.8) is 0 Å². The van der Waals surface area contributed by atoms with Gasteiger partial charge >= 0.3 is 0 Å². The molecule has 0 radical (unpaired) electrons. The first-order chi connectivity index (χ1) is 8.93. The summed E-state index contributed by atoms with van der Waals surface area (Å²) in [5, 5.41) is 23.4. The molecule has 4 heteroatoms. The zero-order valence-corrected chi connectivity index (χ0v) is 12.0. The first-order valence-electron chi connectivity index (χ1n) is 6.96. The standard InChI is InChI=1S/C15H24N2O2/c1-4-16-11(2)13-6-5-12(9-14(13)18)17-8-7-15(3,19)10-17/h5-6,9,11,16,18-19H,4,7-8,10H2,1-3H3. The first-order valence-corrected chi connectivity index (χ1v) is 6.96. The van der Waals surface area contributed by atoms with Gasteiger partial charge in [0.15, 0.2) is 0 Å². The Hall–Kier alpha value is -1.26. The largest absolute Gasteiger partial charge is 0.508 e. The van der Waals surface area contributed by atoms with Crippen molar-refractivity contribution in [2.75, 3.05) is 24.5 Å². The van der Waals surface area contributed by atoms with E-state index in [1.165, 1.54) is 0 Å². The maximum atomic E-state index is 10.1. The molecule has 1 saturated heterocycles. The minimum atomic E-state index is -0.620. The second kappa shape index (κ2) is 5.39. The Bertz CT molecular complexity index is 446. The predicted molar refractivity (Wildman–Crippen MR) is 77.7 cm³/mol. The van der Waals surface area contributed by atoms with E-state index in [2.05, 4.69) is 10.2 Å². The van der Waals surface area contributed by atoms with Crippen molar-refractivity contribution in [2.45, 2.75) is 38.8 Å². The van der Waals surface area contributed by atoms with Gasteiger partial charge in [0, 0.05) is 36.4 Å². The molecule has 1 aliphatic rings. The molecule has 19 heavy (non-hydrogen) atoms. The van der Waals surface area contributed by atoms with E-state index >= 15 is 0 Å². The number of nitrogens with zero attached hydrogens (tertiary/aromatic N) is 1.